The Morgan fingerprint density at radius 1 is 1.00 bits per heavy atom. The Hall–Kier alpha value is -4.58. The van der Waals surface area contributed by atoms with E-state index in [1.807, 2.05) is 0 Å². The zero-order chi connectivity index (χ0) is 30.0. The van der Waals surface area contributed by atoms with Gasteiger partial charge in [-0.25, -0.2) is 9.78 Å². The van der Waals surface area contributed by atoms with E-state index in [2.05, 4.69) is 4.98 Å². The monoisotopic (exact) mass is 582 g/mol. The van der Waals surface area contributed by atoms with Crippen LogP contribution in [0.2, 0.25) is 0 Å². The molecule has 12 heteroatoms. The molecule has 0 bridgehead atoms. The van der Waals surface area contributed by atoms with E-state index < -0.39 is 23.7 Å². The highest BCUT2D eigenvalue weighted by molar-refractivity contribution is 7.17. The highest BCUT2D eigenvalue weighted by Gasteiger charge is 2.49. The Balaban J connectivity index is 2.01. The van der Waals surface area contributed by atoms with Crippen molar-refractivity contribution in [2.24, 2.45) is 0 Å². The first-order valence-electron chi connectivity index (χ1n) is 12.5. The van der Waals surface area contributed by atoms with E-state index in [0.29, 0.717) is 33.9 Å². The summed E-state index contributed by atoms with van der Waals surface area (Å²) in [4.78, 5) is 45.6. The molecule has 4 rings (SSSR count). The first-order chi connectivity index (χ1) is 19.6. The number of amides is 1. The zero-order valence-corrected chi connectivity index (χ0v) is 24.5. The van der Waals surface area contributed by atoms with Crippen molar-refractivity contribution in [3.8, 4) is 23.0 Å². The number of esters is 1. The van der Waals surface area contributed by atoms with Crippen LogP contribution < -0.4 is 23.8 Å². The summed E-state index contributed by atoms with van der Waals surface area (Å²) in [6, 6.07) is 6.97. The molecular formula is C29H30N2O9S. The number of nitrogens with zero attached hydrogens (tertiary/aromatic N) is 2. The molecule has 1 N–H and O–H groups in total. The lowest BCUT2D eigenvalue weighted by Crippen LogP contribution is -2.29. The summed E-state index contributed by atoms with van der Waals surface area (Å²) in [6.07, 6.45) is 0. The van der Waals surface area contributed by atoms with Crippen molar-refractivity contribution < 1.29 is 43.2 Å². The molecule has 1 aliphatic heterocycles. The van der Waals surface area contributed by atoms with E-state index in [-0.39, 0.29) is 39.4 Å². The van der Waals surface area contributed by atoms with Gasteiger partial charge in [0.15, 0.2) is 16.6 Å². The minimum absolute atomic E-state index is 0.0805. The predicted octanol–water partition coefficient (Wildman–Crippen LogP) is 4.60. The predicted molar refractivity (Wildman–Crippen MR) is 151 cm³/mol. The molecule has 41 heavy (non-hydrogen) atoms. The van der Waals surface area contributed by atoms with E-state index in [4.69, 9.17) is 23.7 Å². The van der Waals surface area contributed by atoms with E-state index in [1.165, 1.54) is 28.4 Å². The van der Waals surface area contributed by atoms with Crippen LogP contribution in [0.4, 0.5) is 5.13 Å². The molecule has 0 unspecified atom stereocenters. The van der Waals surface area contributed by atoms with Crippen molar-refractivity contribution in [3.05, 3.63) is 63.2 Å². The number of ether oxygens (including phenoxy) is 5. The molecule has 0 saturated carbocycles. The van der Waals surface area contributed by atoms with Crippen LogP contribution in [0.15, 0.2) is 35.9 Å². The van der Waals surface area contributed by atoms with Crippen molar-refractivity contribution in [2.75, 3.05) is 39.9 Å². The first-order valence-corrected chi connectivity index (χ1v) is 13.3. The summed E-state index contributed by atoms with van der Waals surface area (Å²) >= 11 is 0.914. The molecule has 0 spiro atoms. The van der Waals surface area contributed by atoms with Crippen molar-refractivity contribution in [2.45, 2.75) is 26.8 Å². The number of methoxy groups -OCH3 is 4. The standard InChI is InChI=1S/C29H30N2O9S/c1-8-40-28(35)26-15(3)30-29(41-26)31-22(16-12-19(37-5)25(39-7)20(13-16)38-6)21(24(33)27(31)34)23(32)18-10-9-17(36-4)11-14(18)2/h9-13,22,32H,8H2,1-7H3/b23-21+/t22-/m0/s1. The number of Topliss-reactive ketones (excluding diaryl/α,β-unsaturated/α-hetero) is 1. The summed E-state index contributed by atoms with van der Waals surface area (Å²) in [7, 11) is 5.85. The van der Waals surface area contributed by atoms with E-state index >= 15 is 0 Å². The maximum atomic E-state index is 13.6. The fourth-order valence-electron chi connectivity index (χ4n) is 4.65. The minimum Gasteiger partial charge on any atom is -0.507 e. The molecule has 216 valence electrons. The summed E-state index contributed by atoms with van der Waals surface area (Å²) in [5, 5.41) is 11.7. The topological polar surface area (TPSA) is 134 Å². The Kier molecular flexibility index (Phi) is 8.52. The van der Waals surface area contributed by atoms with E-state index in [0.717, 1.165) is 16.2 Å². The van der Waals surface area contributed by atoms with Crippen LogP contribution in [0.1, 0.15) is 45.0 Å². The smallest absolute Gasteiger partial charge is 0.350 e. The van der Waals surface area contributed by atoms with Crippen molar-refractivity contribution in [3.63, 3.8) is 0 Å². The van der Waals surface area contributed by atoms with Crippen LogP contribution in [0.3, 0.4) is 0 Å². The van der Waals surface area contributed by atoms with Gasteiger partial charge in [0.25, 0.3) is 5.78 Å². The number of aliphatic hydroxyl groups is 1. The number of aromatic nitrogens is 1. The Bertz CT molecular complexity index is 1530. The summed E-state index contributed by atoms with van der Waals surface area (Å²) in [5.41, 5.74) is 1.48. The lowest BCUT2D eigenvalue weighted by atomic mass is 9.93. The largest absolute Gasteiger partial charge is 0.507 e. The molecule has 3 aromatic rings. The Labute approximate surface area is 240 Å². The van der Waals surface area contributed by atoms with Gasteiger partial charge in [-0.2, -0.15) is 0 Å². The quantitative estimate of drug-likeness (QED) is 0.165. The second-order valence-electron chi connectivity index (χ2n) is 8.94. The first kappa shape index (κ1) is 29.4. The molecule has 2 aromatic carbocycles. The second kappa shape index (κ2) is 11.9. The third-order valence-corrected chi connectivity index (χ3v) is 7.72. The molecule has 11 nitrogen and oxygen atoms in total. The number of aryl methyl sites for hydroxylation is 2. The summed E-state index contributed by atoms with van der Waals surface area (Å²) < 4.78 is 26.9. The fourth-order valence-corrected chi connectivity index (χ4v) is 5.64. The SMILES string of the molecule is CCOC(=O)c1sc(N2C(=O)C(=O)/C(=C(/O)c3ccc(OC)cc3C)[C@@H]2c2cc(OC)c(OC)c(OC)c2)nc1C. The second-order valence-corrected chi connectivity index (χ2v) is 9.92. The van der Waals surface area contributed by atoms with Crippen molar-refractivity contribution in [1.82, 2.24) is 4.98 Å². The number of carbonyl (C=O) groups excluding carboxylic acids is 3. The molecule has 1 amide bonds. The highest BCUT2D eigenvalue weighted by atomic mass is 32.1. The molecule has 1 aliphatic rings. The van der Waals surface area contributed by atoms with Gasteiger partial charge in [-0.1, -0.05) is 11.3 Å². The normalized spacial score (nSPS) is 16.1. The Morgan fingerprint density at radius 3 is 2.20 bits per heavy atom. The number of hydrogen-bond donors (Lipinski definition) is 1. The summed E-state index contributed by atoms with van der Waals surface area (Å²) in [6.45, 7) is 5.19. The molecule has 0 aliphatic carbocycles. The molecular weight excluding hydrogens is 552 g/mol. The average molecular weight is 583 g/mol. The van der Waals surface area contributed by atoms with Gasteiger partial charge in [0.1, 0.15) is 16.4 Å². The number of hydrogen-bond acceptors (Lipinski definition) is 11. The van der Waals surface area contributed by atoms with Gasteiger partial charge in [0, 0.05) is 5.56 Å². The molecule has 1 fully saturated rings. The number of ketones is 1. The maximum Gasteiger partial charge on any atom is 0.350 e. The van der Waals surface area contributed by atoms with Gasteiger partial charge in [-0.15, -0.1) is 0 Å². The van der Waals surface area contributed by atoms with Gasteiger partial charge >= 0.3 is 11.9 Å². The van der Waals surface area contributed by atoms with Crippen LogP contribution in [0, 0.1) is 13.8 Å². The van der Waals surface area contributed by atoms with E-state index in [9.17, 15) is 19.5 Å². The van der Waals surface area contributed by atoms with Gasteiger partial charge in [-0.05, 0) is 62.2 Å². The number of anilines is 1. The lowest BCUT2D eigenvalue weighted by molar-refractivity contribution is -0.132. The van der Waals surface area contributed by atoms with Crippen LogP contribution in [-0.4, -0.2) is 62.8 Å². The lowest BCUT2D eigenvalue weighted by Gasteiger charge is -2.24. The van der Waals surface area contributed by atoms with E-state index in [1.54, 1.807) is 51.1 Å². The number of carbonyl (C=O) groups is 3. The number of aliphatic hydroxyl groups excluding tert-OH is 1. The average Bonchev–Trinajstić information content (AvgIpc) is 3.47. The molecule has 2 heterocycles. The molecule has 1 saturated heterocycles. The van der Waals surface area contributed by atoms with Crippen molar-refractivity contribution >= 4 is 39.9 Å². The minimum atomic E-state index is -1.16. The summed E-state index contributed by atoms with van der Waals surface area (Å²) in [5.74, 6) is -1.43. The maximum absolute atomic E-state index is 13.6. The highest BCUT2D eigenvalue weighted by Crippen LogP contribution is 2.48. The molecule has 1 atom stereocenters. The van der Waals surface area contributed by atoms with Crippen LogP contribution in [0.25, 0.3) is 5.76 Å². The fraction of sp³-hybridized carbons (Fsp3) is 0.310. The zero-order valence-electron chi connectivity index (χ0n) is 23.7. The van der Waals surface area contributed by atoms with Crippen molar-refractivity contribution in [1.29, 1.82) is 0 Å². The van der Waals surface area contributed by atoms with Crippen LogP contribution >= 0.6 is 11.3 Å². The molecule has 1 aromatic heterocycles. The molecule has 0 radical (unpaired) electrons. The Morgan fingerprint density at radius 2 is 1.66 bits per heavy atom. The number of thiazole rings is 1. The van der Waals surface area contributed by atoms with Gasteiger partial charge in [0.2, 0.25) is 5.75 Å². The van der Waals surface area contributed by atoms with Gasteiger partial charge in [0.05, 0.1) is 52.4 Å². The van der Waals surface area contributed by atoms with Gasteiger partial charge < -0.3 is 28.8 Å². The van der Waals surface area contributed by atoms with Gasteiger partial charge in [-0.3, -0.25) is 14.5 Å². The van der Waals surface area contributed by atoms with Crippen LogP contribution in [0.5, 0.6) is 23.0 Å². The van der Waals surface area contributed by atoms with Crippen LogP contribution in [-0.2, 0) is 14.3 Å². The number of benzene rings is 2. The number of rotatable bonds is 9. The third-order valence-electron chi connectivity index (χ3n) is 6.59. The third kappa shape index (κ3) is 5.18.